The van der Waals surface area contributed by atoms with Gasteiger partial charge >= 0.3 is 0 Å². The van der Waals surface area contributed by atoms with E-state index >= 15 is 0 Å². The molecule has 2 aliphatic rings. The average molecular weight is 310 g/mol. The molecule has 0 aromatic rings. The Hall–Kier alpha value is -0.0800. The van der Waals surface area contributed by atoms with Crippen LogP contribution in [-0.4, -0.2) is 34.7 Å². The van der Waals surface area contributed by atoms with Crippen molar-refractivity contribution in [2.45, 2.75) is 97.1 Å². The summed E-state index contributed by atoms with van der Waals surface area (Å²) in [7, 11) is 0. The zero-order valence-electron chi connectivity index (χ0n) is 15.5. The molecule has 22 heavy (non-hydrogen) atoms. The molecule has 2 heteroatoms. The van der Waals surface area contributed by atoms with Crippen LogP contribution in [0.1, 0.15) is 85.5 Å². The molecule has 5 unspecified atom stereocenters. The Kier molecular flexibility index (Phi) is 6.76. The molecule has 1 heterocycles. The molecule has 1 saturated carbocycles. The highest BCUT2D eigenvalue weighted by atomic mass is 16.2. The molecule has 5 atom stereocenters. The number of aliphatic hydroxyl groups excluding tert-OH is 1. The molecule has 0 amide bonds. The summed E-state index contributed by atoms with van der Waals surface area (Å²) in [5, 5.41) is 8.94. The first-order valence-electron chi connectivity index (χ1n) is 9.93. The highest BCUT2D eigenvalue weighted by Crippen LogP contribution is 2.49. The van der Waals surface area contributed by atoms with Crippen molar-refractivity contribution in [1.29, 1.82) is 0 Å². The largest absolute Gasteiger partial charge is 0.396 e. The second kappa shape index (κ2) is 8.15. The molecular weight excluding hydrogens is 270 g/mol. The third kappa shape index (κ3) is 3.53. The van der Waals surface area contributed by atoms with Crippen LogP contribution in [0.3, 0.4) is 0 Å². The van der Waals surface area contributed by atoms with Crippen molar-refractivity contribution in [3.05, 3.63) is 0 Å². The molecule has 2 fully saturated rings. The molecule has 2 nitrogen and oxygen atoms in total. The van der Waals surface area contributed by atoms with Gasteiger partial charge in [0.15, 0.2) is 0 Å². The SMILES string of the molecule is CCC1(C)C(C)C(C)C2CCCCC2N1CCCCCCO. The summed E-state index contributed by atoms with van der Waals surface area (Å²) in [6, 6.07) is 0.836. The third-order valence-electron chi connectivity index (χ3n) is 7.31. The Labute approximate surface area is 138 Å². The predicted octanol–water partition coefficient (Wildman–Crippen LogP) is 4.85. The first kappa shape index (κ1) is 18.3. The van der Waals surface area contributed by atoms with Crippen LogP contribution in [0.5, 0.6) is 0 Å². The lowest BCUT2D eigenvalue weighted by atomic mass is 9.61. The third-order valence-corrected chi connectivity index (χ3v) is 7.31. The minimum absolute atomic E-state index is 0.357. The molecule has 0 aromatic carbocycles. The van der Waals surface area contributed by atoms with Gasteiger partial charge in [-0.2, -0.15) is 0 Å². The predicted molar refractivity (Wildman–Crippen MR) is 95.0 cm³/mol. The molecule has 0 aromatic heterocycles. The Morgan fingerprint density at radius 1 is 1.05 bits per heavy atom. The van der Waals surface area contributed by atoms with E-state index in [9.17, 15) is 0 Å². The monoisotopic (exact) mass is 309 g/mol. The van der Waals surface area contributed by atoms with Crippen LogP contribution in [0.2, 0.25) is 0 Å². The molecule has 1 aliphatic heterocycles. The van der Waals surface area contributed by atoms with Crippen LogP contribution in [0.15, 0.2) is 0 Å². The maximum absolute atomic E-state index is 8.94. The van der Waals surface area contributed by atoms with Crippen molar-refractivity contribution in [2.24, 2.45) is 17.8 Å². The maximum atomic E-state index is 8.94. The van der Waals surface area contributed by atoms with Gasteiger partial charge in [-0.05, 0) is 63.3 Å². The second-order valence-electron chi connectivity index (χ2n) is 8.21. The van der Waals surface area contributed by atoms with Gasteiger partial charge in [0.25, 0.3) is 0 Å². The van der Waals surface area contributed by atoms with Gasteiger partial charge in [-0.25, -0.2) is 0 Å². The van der Waals surface area contributed by atoms with E-state index in [1.54, 1.807) is 0 Å². The van der Waals surface area contributed by atoms with Gasteiger partial charge in [-0.1, -0.05) is 46.5 Å². The van der Waals surface area contributed by atoms with Crippen LogP contribution in [-0.2, 0) is 0 Å². The molecule has 1 aliphatic carbocycles. The van der Waals surface area contributed by atoms with Crippen LogP contribution in [0, 0.1) is 17.8 Å². The van der Waals surface area contributed by atoms with E-state index in [1.807, 2.05) is 0 Å². The van der Waals surface area contributed by atoms with Crippen molar-refractivity contribution in [3.63, 3.8) is 0 Å². The summed E-state index contributed by atoms with van der Waals surface area (Å²) in [6.07, 6.45) is 11.8. The quantitative estimate of drug-likeness (QED) is 0.679. The second-order valence-corrected chi connectivity index (χ2v) is 8.21. The van der Waals surface area contributed by atoms with Crippen LogP contribution in [0.25, 0.3) is 0 Å². The van der Waals surface area contributed by atoms with Gasteiger partial charge in [-0.3, -0.25) is 4.90 Å². The highest BCUT2D eigenvalue weighted by molar-refractivity contribution is 5.04. The van der Waals surface area contributed by atoms with E-state index in [1.165, 1.54) is 57.9 Å². The van der Waals surface area contributed by atoms with Gasteiger partial charge in [0.2, 0.25) is 0 Å². The molecule has 1 saturated heterocycles. The number of piperidine rings is 1. The minimum Gasteiger partial charge on any atom is -0.396 e. The van der Waals surface area contributed by atoms with E-state index in [0.29, 0.717) is 12.1 Å². The lowest BCUT2D eigenvalue weighted by Gasteiger charge is -2.60. The van der Waals surface area contributed by atoms with Crippen LogP contribution in [0.4, 0.5) is 0 Å². The zero-order valence-corrected chi connectivity index (χ0v) is 15.5. The van der Waals surface area contributed by atoms with Crippen molar-refractivity contribution in [1.82, 2.24) is 4.90 Å². The van der Waals surface area contributed by atoms with Crippen molar-refractivity contribution in [2.75, 3.05) is 13.2 Å². The van der Waals surface area contributed by atoms with Gasteiger partial charge in [0.05, 0.1) is 0 Å². The number of hydrogen-bond acceptors (Lipinski definition) is 2. The van der Waals surface area contributed by atoms with Crippen molar-refractivity contribution < 1.29 is 5.11 Å². The fourth-order valence-corrected chi connectivity index (χ4v) is 5.41. The zero-order chi connectivity index (χ0) is 16.2. The Morgan fingerprint density at radius 2 is 1.73 bits per heavy atom. The number of rotatable bonds is 7. The lowest BCUT2D eigenvalue weighted by Crippen LogP contribution is -2.65. The molecule has 0 spiro atoms. The number of nitrogens with zero attached hydrogens (tertiary/aromatic N) is 1. The summed E-state index contributed by atoms with van der Waals surface area (Å²) in [5.41, 5.74) is 0.384. The Morgan fingerprint density at radius 3 is 2.41 bits per heavy atom. The fraction of sp³-hybridized carbons (Fsp3) is 1.00. The Bertz CT molecular complexity index is 330. The smallest absolute Gasteiger partial charge is 0.0431 e. The number of likely N-dealkylation sites (tertiary alicyclic amines) is 1. The van der Waals surface area contributed by atoms with E-state index in [4.69, 9.17) is 5.11 Å². The summed E-state index contributed by atoms with van der Waals surface area (Å²) < 4.78 is 0. The van der Waals surface area contributed by atoms with Gasteiger partial charge in [0.1, 0.15) is 0 Å². The molecular formula is C20H39NO. The summed E-state index contributed by atoms with van der Waals surface area (Å²) >= 11 is 0. The van der Waals surface area contributed by atoms with Crippen molar-refractivity contribution in [3.8, 4) is 0 Å². The number of unbranched alkanes of at least 4 members (excludes halogenated alkanes) is 3. The standard InChI is InChI=1S/C20H39NO/c1-5-20(4)17(3)16(2)18-12-8-9-13-19(18)21(20)14-10-6-7-11-15-22/h16-19,22H,5-15H2,1-4H3. The summed E-state index contributed by atoms with van der Waals surface area (Å²) in [4.78, 5) is 2.93. The topological polar surface area (TPSA) is 23.5 Å². The molecule has 0 bridgehead atoms. The number of hydrogen-bond donors (Lipinski definition) is 1. The lowest BCUT2D eigenvalue weighted by molar-refractivity contribution is -0.107. The van der Waals surface area contributed by atoms with Gasteiger partial charge in [-0.15, -0.1) is 0 Å². The first-order chi connectivity index (χ1) is 10.6. The first-order valence-corrected chi connectivity index (χ1v) is 9.93. The molecule has 0 radical (unpaired) electrons. The average Bonchev–Trinajstić information content (AvgIpc) is 2.55. The number of aliphatic hydroxyl groups is 1. The van der Waals surface area contributed by atoms with E-state index in [2.05, 4.69) is 32.6 Å². The molecule has 2 rings (SSSR count). The van der Waals surface area contributed by atoms with Gasteiger partial charge < -0.3 is 5.11 Å². The Balaban J connectivity index is 2.06. The van der Waals surface area contributed by atoms with Crippen LogP contribution < -0.4 is 0 Å². The highest BCUT2D eigenvalue weighted by Gasteiger charge is 2.50. The van der Waals surface area contributed by atoms with E-state index in [0.717, 1.165) is 30.2 Å². The molecule has 130 valence electrons. The summed E-state index contributed by atoms with van der Waals surface area (Å²) in [5.74, 6) is 2.61. The number of fused-ring (bicyclic) bond motifs is 1. The fourth-order valence-electron chi connectivity index (χ4n) is 5.41. The maximum Gasteiger partial charge on any atom is 0.0431 e. The molecule has 1 N–H and O–H groups in total. The summed E-state index contributed by atoms with van der Waals surface area (Å²) in [6.45, 7) is 11.6. The van der Waals surface area contributed by atoms with Crippen molar-refractivity contribution >= 4 is 0 Å². The van der Waals surface area contributed by atoms with E-state index in [-0.39, 0.29) is 0 Å². The normalized spacial score (nSPS) is 39.7. The minimum atomic E-state index is 0.357. The van der Waals surface area contributed by atoms with E-state index < -0.39 is 0 Å². The van der Waals surface area contributed by atoms with Crippen LogP contribution >= 0.6 is 0 Å². The van der Waals surface area contributed by atoms with Gasteiger partial charge in [0, 0.05) is 18.2 Å².